The first-order valence-electron chi connectivity index (χ1n) is 7.76. The van der Waals surface area contributed by atoms with E-state index in [0.717, 1.165) is 27.6 Å². The highest BCUT2D eigenvalue weighted by Crippen LogP contribution is 2.29. The number of hydrogen-bond donors (Lipinski definition) is 2. The number of urea groups is 1. The van der Waals surface area contributed by atoms with Crippen LogP contribution in [0.2, 0.25) is 0 Å². The molecule has 2 heterocycles. The normalized spacial score (nSPS) is 17.0. The number of aliphatic hydroxyl groups is 1. The number of nitrogens with zero attached hydrogens (tertiary/aromatic N) is 2. The molecule has 5 nitrogen and oxygen atoms in total. The zero-order valence-corrected chi connectivity index (χ0v) is 14.2. The van der Waals surface area contributed by atoms with Crippen LogP contribution in [0, 0.1) is 13.8 Å². The number of nitrogens with one attached hydrogen (secondary N) is 1. The summed E-state index contributed by atoms with van der Waals surface area (Å²) in [5.41, 5.74) is 3.22. The van der Waals surface area contributed by atoms with Crippen molar-refractivity contribution in [3.8, 4) is 0 Å². The lowest BCUT2D eigenvalue weighted by Gasteiger charge is -2.36. The Hall–Kier alpha value is -1.92. The first-order valence-corrected chi connectivity index (χ1v) is 8.58. The highest BCUT2D eigenvalue weighted by atomic mass is 32.1. The van der Waals surface area contributed by atoms with Crippen molar-refractivity contribution in [3.63, 3.8) is 0 Å². The lowest BCUT2D eigenvalue weighted by Crippen LogP contribution is -2.46. The van der Waals surface area contributed by atoms with Gasteiger partial charge in [-0.1, -0.05) is 24.3 Å². The molecule has 1 atom stereocenters. The van der Waals surface area contributed by atoms with E-state index in [0.29, 0.717) is 13.1 Å². The number of benzene rings is 1. The Labute approximate surface area is 140 Å². The largest absolute Gasteiger partial charge is 0.394 e. The predicted molar refractivity (Wildman–Crippen MR) is 90.5 cm³/mol. The highest BCUT2D eigenvalue weighted by molar-refractivity contribution is 7.11. The molecule has 6 heteroatoms. The maximum atomic E-state index is 12.6. The molecule has 0 bridgehead atoms. The van der Waals surface area contributed by atoms with Crippen LogP contribution in [0.1, 0.15) is 32.7 Å². The zero-order valence-electron chi connectivity index (χ0n) is 13.4. The quantitative estimate of drug-likeness (QED) is 0.908. The van der Waals surface area contributed by atoms with Crippen LogP contribution in [-0.2, 0) is 13.0 Å². The van der Waals surface area contributed by atoms with Crippen LogP contribution in [0.15, 0.2) is 24.3 Å². The van der Waals surface area contributed by atoms with Gasteiger partial charge in [0.15, 0.2) is 0 Å². The summed E-state index contributed by atoms with van der Waals surface area (Å²) in [7, 11) is 0. The van der Waals surface area contributed by atoms with Gasteiger partial charge in [0.1, 0.15) is 0 Å². The van der Waals surface area contributed by atoms with Gasteiger partial charge in [-0.2, -0.15) is 0 Å². The van der Waals surface area contributed by atoms with Crippen molar-refractivity contribution < 1.29 is 9.90 Å². The van der Waals surface area contributed by atoms with Crippen LogP contribution in [0.4, 0.5) is 4.79 Å². The minimum Gasteiger partial charge on any atom is -0.394 e. The highest BCUT2D eigenvalue weighted by Gasteiger charge is 2.30. The third kappa shape index (κ3) is 3.23. The number of rotatable bonds is 3. The molecule has 23 heavy (non-hydrogen) atoms. The lowest BCUT2D eigenvalue weighted by atomic mass is 9.93. The third-order valence-corrected chi connectivity index (χ3v) is 5.32. The molecular formula is C17H21N3O2S. The fourth-order valence-electron chi connectivity index (χ4n) is 3.09. The van der Waals surface area contributed by atoms with E-state index < -0.39 is 0 Å². The summed E-state index contributed by atoms with van der Waals surface area (Å²) in [4.78, 5) is 19.7. The first-order chi connectivity index (χ1) is 11.1. The van der Waals surface area contributed by atoms with Crippen LogP contribution in [-0.4, -0.2) is 34.2 Å². The molecule has 2 N–H and O–H groups in total. The Kier molecular flexibility index (Phi) is 4.63. The summed E-state index contributed by atoms with van der Waals surface area (Å²) in [6, 6.07) is 7.60. The predicted octanol–water partition coefficient (Wildman–Crippen LogP) is 2.56. The Morgan fingerprint density at radius 3 is 2.91 bits per heavy atom. The van der Waals surface area contributed by atoms with Gasteiger partial charge in [-0.25, -0.2) is 9.78 Å². The van der Waals surface area contributed by atoms with Gasteiger partial charge in [-0.15, -0.1) is 11.3 Å². The molecule has 0 saturated carbocycles. The number of carbonyl (C=O) groups is 1. The summed E-state index contributed by atoms with van der Waals surface area (Å²) in [5, 5.41) is 13.7. The number of aryl methyl sites for hydroxylation is 2. The lowest BCUT2D eigenvalue weighted by molar-refractivity contribution is 0.127. The monoisotopic (exact) mass is 331 g/mol. The van der Waals surface area contributed by atoms with E-state index in [-0.39, 0.29) is 18.7 Å². The number of thiazole rings is 1. The van der Waals surface area contributed by atoms with Crippen LogP contribution < -0.4 is 5.32 Å². The van der Waals surface area contributed by atoms with E-state index in [2.05, 4.69) is 16.4 Å². The Balaban J connectivity index is 1.71. The fourth-order valence-corrected chi connectivity index (χ4v) is 3.96. The molecule has 0 saturated heterocycles. The molecule has 3 rings (SSSR count). The number of fused-ring (bicyclic) bond motifs is 1. The van der Waals surface area contributed by atoms with Crippen molar-refractivity contribution in [2.24, 2.45) is 0 Å². The SMILES string of the molecule is Cc1nc(C)c(CNC(=O)N2CCc3ccccc3[C@H]2CO)s1. The topological polar surface area (TPSA) is 65.5 Å². The smallest absolute Gasteiger partial charge is 0.318 e. The summed E-state index contributed by atoms with van der Waals surface area (Å²) in [5.74, 6) is 0. The number of aromatic nitrogens is 1. The van der Waals surface area contributed by atoms with Gasteiger partial charge in [0.2, 0.25) is 0 Å². The van der Waals surface area contributed by atoms with E-state index in [1.54, 1.807) is 16.2 Å². The van der Waals surface area contributed by atoms with Gasteiger partial charge in [0, 0.05) is 11.4 Å². The van der Waals surface area contributed by atoms with Gasteiger partial charge < -0.3 is 15.3 Å². The summed E-state index contributed by atoms with van der Waals surface area (Å²) >= 11 is 1.60. The molecule has 0 fully saturated rings. The minimum absolute atomic E-state index is 0.0663. The van der Waals surface area contributed by atoms with E-state index in [4.69, 9.17) is 0 Å². The second kappa shape index (κ2) is 6.68. The van der Waals surface area contributed by atoms with Crippen LogP contribution in [0.25, 0.3) is 0 Å². The fraction of sp³-hybridized carbons (Fsp3) is 0.412. The van der Waals surface area contributed by atoms with Gasteiger partial charge in [0.25, 0.3) is 0 Å². The number of hydrogen-bond acceptors (Lipinski definition) is 4. The molecule has 1 aliphatic rings. The molecule has 1 aromatic heterocycles. The summed E-state index contributed by atoms with van der Waals surface area (Å²) in [6.45, 7) is 4.95. The second-order valence-corrected chi connectivity index (χ2v) is 7.03. The van der Waals surface area contributed by atoms with Gasteiger partial charge in [-0.3, -0.25) is 0 Å². The molecule has 1 aromatic carbocycles. The van der Waals surface area contributed by atoms with Gasteiger partial charge in [-0.05, 0) is 31.4 Å². The van der Waals surface area contributed by atoms with Gasteiger partial charge in [0.05, 0.1) is 29.9 Å². The standard InChI is InChI=1S/C17H21N3O2S/c1-11-16(23-12(2)19-11)9-18-17(22)20-8-7-13-5-3-4-6-14(13)15(20)10-21/h3-6,15,21H,7-10H2,1-2H3,(H,18,22)/t15-/m1/s1. The average molecular weight is 331 g/mol. The van der Waals surface area contributed by atoms with Crippen molar-refractivity contribution in [2.45, 2.75) is 32.9 Å². The summed E-state index contributed by atoms with van der Waals surface area (Å²) in [6.07, 6.45) is 0.818. The van der Waals surface area contributed by atoms with Crippen LogP contribution >= 0.6 is 11.3 Å². The van der Waals surface area contributed by atoms with E-state index in [1.165, 1.54) is 5.56 Å². The molecule has 122 valence electrons. The Morgan fingerprint density at radius 1 is 1.43 bits per heavy atom. The molecular weight excluding hydrogens is 310 g/mol. The Bertz CT molecular complexity index is 714. The maximum Gasteiger partial charge on any atom is 0.318 e. The number of amides is 2. The number of carbonyl (C=O) groups excluding carboxylic acids is 1. The van der Waals surface area contributed by atoms with E-state index in [9.17, 15) is 9.90 Å². The van der Waals surface area contributed by atoms with E-state index in [1.807, 2.05) is 32.0 Å². The summed E-state index contributed by atoms with van der Waals surface area (Å²) < 4.78 is 0. The second-order valence-electron chi connectivity index (χ2n) is 5.74. The van der Waals surface area contributed by atoms with Crippen molar-refractivity contribution in [1.29, 1.82) is 0 Å². The van der Waals surface area contributed by atoms with Crippen molar-refractivity contribution in [2.75, 3.05) is 13.2 Å². The van der Waals surface area contributed by atoms with E-state index >= 15 is 0 Å². The average Bonchev–Trinajstić information content (AvgIpc) is 2.89. The van der Waals surface area contributed by atoms with Crippen molar-refractivity contribution in [1.82, 2.24) is 15.2 Å². The molecule has 0 aliphatic carbocycles. The number of aliphatic hydroxyl groups excluding tert-OH is 1. The molecule has 2 amide bonds. The molecule has 2 aromatic rings. The molecule has 0 radical (unpaired) electrons. The molecule has 0 spiro atoms. The van der Waals surface area contributed by atoms with Crippen molar-refractivity contribution >= 4 is 17.4 Å². The van der Waals surface area contributed by atoms with Crippen molar-refractivity contribution in [3.05, 3.63) is 51.0 Å². The third-order valence-electron chi connectivity index (χ3n) is 4.25. The molecule has 0 unspecified atom stereocenters. The zero-order chi connectivity index (χ0) is 16.4. The minimum atomic E-state index is -0.274. The molecule has 1 aliphatic heterocycles. The first kappa shape index (κ1) is 16.0. The maximum absolute atomic E-state index is 12.6. The van der Waals surface area contributed by atoms with Crippen LogP contribution in [0.5, 0.6) is 0 Å². The Morgan fingerprint density at radius 2 is 2.22 bits per heavy atom. The van der Waals surface area contributed by atoms with Crippen LogP contribution in [0.3, 0.4) is 0 Å². The van der Waals surface area contributed by atoms with Gasteiger partial charge >= 0.3 is 6.03 Å².